The molecule has 0 N–H and O–H groups in total. The van der Waals surface area contributed by atoms with E-state index >= 15 is 0 Å². The molecule has 0 heterocycles. The molecule has 0 aliphatic heterocycles. The Labute approximate surface area is 61.8 Å². The van der Waals surface area contributed by atoms with Crippen molar-refractivity contribution in [3.63, 3.8) is 0 Å². The largest absolute Gasteiger partial charge is 0.484 e. The molecular formula is C7H14N2O. The van der Waals surface area contributed by atoms with Gasteiger partial charge in [-0.05, 0) is 6.92 Å². The van der Waals surface area contributed by atoms with Crippen molar-refractivity contribution in [1.29, 1.82) is 0 Å². The first kappa shape index (κ1) is 9.14. The molecule has 0 fully saturated rings. The molecule has 0 saturated heterocycles. The molecule has 0 rings (SSSR count). The van der Waals surface area contributed by atoms with Crippen molar-refractivity contribution in [3.05, 3.63) is 0 Å². The highest BCUT2D eigenvalue weighted by Crippen LogP contribution is 1.90. The molecule has 0 aliphatic rings. The minimum atomic E-state index is 0.712. The third-order valence-corrected chi connectivity index (χ3v) is 1.27. The quantitative estimate of drug-likeness (QED) is 0.420. The Hall–Kier alpha value is -0.860. The predicted molar refractivity (Wildman–Crippen MR) is 44.0 cm³/mol. The fourth-order valence-corrected chi connectivity index (χ4v) is 0.540. The minimum Gasteiger partial charge on any atom is -0.484 e. The van der Waals surface area contributed by atoms with Crippen LogP contribution in [-0.2, 0) is 4.74 Å². The van der Waals surface area contributed by atoms with E-state index in [2.05, 4.69) is 9.98 Å². The van der Waals surface area contributed by atoms with Gasteiger partial charge in [-0.3, -0.25) is 9.98 Å². The number of methoxy groups -OCH3 is 1. The van der Waals surface area contributed by atoms with Crippen molar-refractivity contribution in [3.8, 4) is 0 Å². The molecule has 0 radical (unpaired) electrons. The third-order valence-electron chi connectivity index (χ3n) is 1.27. The van der Waals surface area contributed by atoms with Crippen molar-refractivity contribution in [2.24, 2.45) is 9.98 Å². The van der Waals surface area contributed by atoms with Gasteiger partial charge in [0.1, 0.15) is 0 Å². The van der Waals surface area contributed by atoms with Crippen LogP contribution in [0.3, 0.4) is 0 Å². The monoisotopic (exact) mass is 142 g/mol. The van der Waals surface area contributed by atoms with E-state index < -0.39 is 0 Å². The lowest BCUT2D eigenvalue weighted by atomic mass is 10.3. The van der Waals surface area contributed by atoms with E-state index in [0.717, 1.165) is 11.6 Å². The molecule has 0 amide bonds. The fraction of sp³-hybridized carbons (Fsp3) is 0.714. The van der Waals surface area contributed by atoms with E-state index in [0.29, 0.717) is 6.42 Å². The summed E-state index contributed by atoms with van der Waals surface area (Å²) in [6.45, 7) is 1.95. The lowest BCUT2D eigenvalue weighted by Crippen LogP contribution is -2.06. The maximum atomic E-state index is 4.94. The van der Waals surface area contributed by atoms with Crippen LogP contribution in [0.4, 0.5) is 0 Å². The van der Waals surface area contributed by atoms with Crippen molar-refractivity contribution in [2.75, 3.05) is 21.2 Å². The summed E-state index contributed by atoms with van der Waals surface area (Å²) < 4.78 is 4.94. The molecule has 0 bridgehead atoms. The second-order valence-electron chi connectivity index (χ2n) is 1.96. The zero-order chi connectivity index (χ0) is 7.98. The number of aliphatic imine (C=N–C) groups is 2. The van der Waals surface area contributed by atoms with Gasteiger partial charge in [0.05, 0.1) is 13.5 Å². The molecule has 0 aliphatic carbocycles. The topological polar surface area (TPSA) is 34.0 Å². The Kier molecular flexibility index (Phi) is 4.54. The molecule has 0 aromatic heterocycles. The first-order valence-electron chi connectivity index (χ1n) is 3.16. The van der Waals surface area contributed by atoms with Crippen molar-refractivity contribution < 1.29 is 4.74 Å². The molecule has 58 valence electrons. The summed E-state index contributed by atoms with van der Waals surface area (Å²) in [5.74, 6) is 0.725. The lowest BCUT2D eigenvalue weighted by Gasteiger charge is -2.01. The van der Waals surface area contributed by atoms with Gasteiger partial charge in [-0.15, -0.1) is 0 Å². The van der Waals surface area contributed by atoms with E-state index in [1.54, 1.807) is 21.2 Å². The third kappa shape index (κ3) is 3.22. The van der Waals surface area contributed by atoms with Crippen LogP contribution < -0.4 is 0 Å². The van der Waals surface area contributed by atoms with E-state index in [1.165, 1.54) is 0 Å². The Morgan fingerprint density at radius 1 is 1.30 bits per heavy atom. The van der Waals surface area contributed by atoms with Crippen LogP contribution >= 0.6 is 0 Å². The van der Waals surface area contributed by atoms with E-state index in [-0.39, 0.29) is 0 Å². The molecule has 0 saturated carbocycles. The molecule has 0 atom stereocenters. The highest BCUT2D eigenvalue weighted by Gasteiger charge is 1.97. The van der Waals surface area contributed by atoms with Gasteiger partial charge in [-0.25, -0.2) is 0 Å². The normalized spacial score (nSPS) is 13.6. The van der Waals surface area contributed by atoms with Gasteiger partial charge < -0.3 is 4.74 Å². The van der Waals surface area contributed by atoms with Crippen LogP contribution in [0.2, 0.25) is 0 Å². The van der Waals surface area contributed by atoms with Crippen LogP contribution in [0.25, 0.3) is 0 Å². The lowest BCUT2D eigenvalue weighted by molar-refractivity contribution is 0.395. The summed E-state index contributed by atoms with van der Waals surface area (Å²) in [5.41, 5.74) is 1.03. The van der Waals surface area contributed by atoms with E-state index in [9.17, 15) is 0 Å². The van der Waals surface area contributed by atoms with Gasteiger partial charge in [0, 0.05) is 19.8 Å². The number of nitrogens with zero attached hydrogens (tertiary/aromatic N) is 2. The van der Waals surface area contributed by atoms with Crippen LogP contribution in [0.15, 0.2) is 9.98 Å². The smallest absolute Gasteiger partial charge is 0.188 e. The second-order valence-corrected chi connectivity index (χ2v) is 1.96. The highest BCUT2D eigenvalue weighted by atomic mass is 16.5. The summed E-state index contributed by atoms with van der Waals surface area (Å²) in [4.78, 5) is 7.89. The first-order valence-corrected chi connectivity index (χ1v) is 3.16. The van der Waals surface area contributed by atoms with Crippen molar-refractivity contribution >= 4 is 11.6 Å². The average Bonchev–Trinajstić information content (AvgIpc) is 1.99. The predicted octanol–water partition coefficient (Wildman–Crippen LogP) is 1.14. The van der Waals surface area contributed by atoms with E-state index in [4.69, 9.17) is 4.74 Å². The van der Waals surface area contributed by atoms with Crippen LogP contribution in [0.5, 0.6) is 0 Å². The Balaban J connectivity index is 3.88. The number of hydrogen-bond donors (Lipinski definition) is 0. The second kappa shape index (κ2) is 4.97. The van der Waals surface area contributed by atoms with Gasteiger partial charge >= 0.3 is 0 Å². The zero-order valence-corrected chi connectivity index (χ0v) is 7.01. The zero-order valence-electron chi connectivity index (χ0n) is 7.01. The summed E-state index contributed by atoms with van der Waals surface area (Å²) in [6, 6.07) is 0. The molecule has 10 heavy (non-hydrogen) atoms. The maximum absolute atomic E-state index is 4.94. The van der Waals surface area contributed by atoms with Crippen LogP contribution in [0, 0.1) is 0 Å². The Morgan fingerprint density at radius 3 is 2.20 bits per heavy atom. The SMILES string of the molecule is C/N=C(/C/C(C)=N/C)OC. The molecule has 0 aromatic carbocycles. The van der Waals surface area contributed by atoms with Gasteiger partial charge in [0.25, 0.3) is 0 Å². The Morgan fingerprint density at radius 2 is 1.90 bits per heavy atom. The minimum absolute atomic E-state index is 0.712. The van der Waals surface area contributed by atoms with Crippen LogP contribution in [0.1, 0.15) is 13.3 Å². The van der Waals surface area contributed by atoms with Crippen molar-refractivity contribution in [2.45, 2.75) is 13.3 Å². The maximum Gasteiger partial charge on any atom is 0.188 e. The van der Waals surface area contributed by atoms with Gasteiger partial charge in [-0.1, -0.05) is 0 Å². The standard InChI is InChI=1S/C7H14N2O/c1-6(8-2)5-7(9-3)10-4/h5H2,1-4H3/b8-6+,9-7-. The number of hydrogen-bond acceptors (Lipinski definition) is 3. The van der Waals surface area contributed by atoms with Gasteiger partial charge in [0.2, 0.25) is 0 Å². The fourth-order valence-electron chi connectivity index (χ4n) is 0.540. The molecule has 3 nitrogen and oxygen atoms in total. The van der Waals surface area contributed by atoms with Gasteiger partial charge in [-0.2, -0.15) is 0 Å². The first-order chi connectivity index (χ1) is 4.74. The Bertz CT molecular complexity index is 150. The van der Waals surface area contributed by atoms with Crippen molar-refractivity contribution in [1.82, 2.24) is 0 Å². The van der Waals surface area contributed by atoms with Crippen LogP contribution in [-0.4, -0.2) is 32.8 Å². The summed E-state index contributed by atoms with van der Waals surface area (Å²) >= 11 is 0. The summed E-state index contributed by atoms with van der Waals surface area (Å²) in [6.07, 6.45) is 0.712. The average molecular weight is 142 g/mol. The number of ether oxygens (including phenoxy) is 1. The molecule has 0 spiro atoms. The molecule has 0 unspecified atom stereocenters. The summed E-state index contributed by atoms with van der Waals surface area (Å²) in [5, 5.41) is 0. The molecular weight excluding hydrogens is 128 g/mol. The van der Waals surface area contributed by atoms with E-state index in [1.807, 2.05) is 6.92 Å². The van der Waals surface area contributed by atoms with Gasteiger partial charge in [0.15, 0.2) is 5.90 Å². The summed E-state index contributed by atoms with van der Waals surface area (Å²) in [7, 11) is 5.09. The molecule has 3 heteroatoms. The highest BCUT2D eigenvalue weighted by molar-refractivity contribution is 5.99. The number of rotatable bonds is 2. The molecule has 0 aromatic rings.